The third-order valence-electron chi connectivity index (χ3n) is 3.05. The first-order chi connectivity index (χ1) is 10.1. The van der Waals surface area contributed by atoms with Crippen molar-refractivity contribution in [3.05, 3.63) is 36.2 Å². The number of hydrogen-bond acceptors (Lipinski definition) is 5. The molecule has 5 nitrogen and oxygen atoms in total. The van der Waals surface area contributed by atoms with E-state index in [1.54, 1.807) is 22.8 Å². The third-order valence-corrected chi connectivity index (χ3v) is 4.18. The van der Waals surface area contributed by atoms with Gasteiger partial charge in [-0.3, -0.25) is 0 Å². The second-order valence-electron chi connectivity index (χ2n) is 5.05. The third kappa shape index (κ3) is 4.47. The molecule has 2 rings (SSSR count). The van der Waals surface area contributed by atoms with Crippen LogP contribution in [0.3, 0.4) is 0 Å². The molecule has 1 unspecified atom stereocenters. The summed E-state index contributed by atoms with van der Waals surface area (Å²) in [6, 6.07) is 8.52. The quantitative estimate of drug-likeness (QED) is 0.797. The summed E-state index contributed by atoms with van der Waals surface area (Å²) in [6.07, 6.45) is 1.77. The van der Waals surface area contributed by atoms with Crippen molar-refractivity contribution in [1.29, 1.82) is 0 Å². The Morgan fingerprint density at radius 2 is 2.00 bits per heavy atom. The molecule has 1 aromatic heterocycles. The van der Waals surface area contributed by atoms with Gasteiger partial charge in [0.2, 0.25) is 0 Å². The van der Waals surface area contributed by atoms with E-state index in [0.717, 1.165) is 16.7 Å². The normalized spacial score (nSPS) is 12.6. The van der Waals surface area contributed by atoms with E-state index in [1.165, 1.54) is 5.56 Å². The van der Waals surface area contributed by atoms with Crippen LogP contribution in [0.5, 0.6) is 5.75 Å². The Morgan fingerprint density at radius 3 is 2.52 bits per heavy atom. The zero-order valence-electron chi connectivity index (χ0n) is 12.9. The summed E-state index contributed by atoms with van der Waals surface area (Å²) < 4.78 is 7.46. The fraction of sp³-hybridized carbons (Fsp3) is 0.467. The highest BCUT2D eigenvalue weighted by atomic mass is 32.2. The molecule has 0 radical (unpaired) electrons. The number of nitrogens with one attached hydrogen (secondary N) is 1. The van der Waals surface area contributed by atoms with E-state index in [9.17, 15) is 0 Å². The largest absolute Gasteiger partial charge is 0.491 e. The standard InChI is InChI=1S/C15H22N4OS/c1-11(2)20-13-7-5-12(6-8-13)14(16-3)9-21-15-17-10-18-19(15)4/h5-8,10-11,14,16H,9H2,1-4H3. The fourth-order valence-electron chi connectivity index (χ4n) is 1.97. The topological polar surface area (TPSA) is 52.0 Å². The van der Waals surface area contributed by atoms with Gasteiger partial charge in [0.15, 0.2) is 5.16 Å². The summed E-state index contributed by atoms with van der Waals surface area (Å²) in [4.78, 5) is 4.23. The highest BCUT2D eigenvalue weighted by Gasteiger charge is 2.12. The lowest BCUT2D eigenvalue weighted by atomic mass is 10.1. The number of thioether (sulfide) groups is 1. The molecule has 0 spiro atoms. The molecule has 114 valence electrons. The van der Waals surface area contributed by atoms with Crippen molar-refractivity contribution >= 4 is 11.8 Å². The second kappa shape index (κ2) is 7.47. The predicted molar refractivity (Wildman–Crippen MR) is 85.7 cm³/mol. The number of ether oxygens (including phenoxy) is 1. The van der Waals surface area contributed by atoms with E-state index in [1.807, 2.05) is 40.1 Å². The van der Waals surface area contributed by atoms with Gasteiger partial charge in [0.05, 0.1) is 6.10 Å². The summed E-state index contributed by atoms with van der Waals surface area (Å²) in [7, 11) is 3.88. The molecule has 0 saturated heterocycles. The molecule has 1 heterocycles. The molecule has 0 bridgehead atoms. The minimum Gasteiger partial charge on any atom is -0.491 e. The Morgan fingerprint density at radius 1 is 1.29 bits per heavy atom. The molecule has 1 atom stereocenters. The summed E-state index contributed by atoms with van der Waals surface area (Å²) in [6.45, 7) is 4.06. The van der Waals surface area contributed by atoms with Crippen molar-refractivity contribution in [2.24, 2.45) is 7.05 Å². The van der Waals surface area contributed by atoms with Crippen LogP contribution in [0.25, 0.3) is 0 Å². The van der Waals surface area contributed by atoms with Crippen molar-refractivity contribution in [3.8, 4) is 5.75 Å². The smallest absolute Gasteiger partial charge is 0.185 e. The van der Waals surface area contributed by atoms with Crippen LogP contribution in [0.15, 0.2) is 35.7 Å². The van der Waals surface area contributed by atoms with Crippen LogP contribution in [0, 0.1) is 0 Å². The number of benzene rings is 1. The molecule has 21 heavy (non-hydrogen) atoms. The monoisotopic (exact) mass is 306 g/mol. The van der Waals surface area contributed by atoms with E-state index >= 15 is 0 Å². The Balaban J connectivity index is 1.98. The number of hydrogen-bond donors (Lipinski definition) is 1. The molecule has 0 amide bonds. The zero-order chi connectivity index (χ0) is 15.2. The molecule has 0 aliphatic heterocycles. The fourth-order valence-corrected chi connectivity index (χ4v) is 3.00. The van der Waals surface area contributed by atoms with E-state index in [2.05, 4.69) is 27.5 Å². The van der Waals surface area contributed by atoms with Crippen molar-refractivity contribution in [1.82, 2.24) is 20.1 Å². The van der Waals surface area contributed by atoms with Crippen molar-refractivity contribution in [3.63, 3.8) is 0 Å². The SMILES string of the molecule is CNC(CSc1ncnn1C)c1ccc(OC(C)C)cc1. The maximum Gasteiger partial charge on any atom is 0.185 e. The van der Waals surface area contributed by atoms with E-state index in [4.69, 9.17) is 4.74 Å². The van der Waals surface area contributed by atoms with Gasteiger partial charge in [-0.15, -0.1) is 0 Å². The Labute approximate surface area is 130 Å². The van der Waals surface area contributed by atoms with Gasteiger partial charge >= 0.3 is 0 Å². The number of rotatable bonds is 7. The van der Waals surface area contributed by atoms with E-state index < -0.39 is 0 Å². The van der Waals surface area contributed by atoms with Crippen LogP contribution in [-0.4, -0.2) is 33.7 Å². The minimum absolute atomic E-state index is 0.197. The molecule has 0 aliphatic rings. The highest BCUT2D eigenvalue weighted by molar-refractivity contribution is 7.99. The van der Waals surface area contributed by atoms with Gasteiger partial charge in [-0.2, -0.15) is 5.10 Å². The summed E-state index contributed by atoms with van der Waals surface area (Å²) >= 11 is 1.69. The molecule has 0 fully saturated rings. The van der Waals surface area contributed by atoms with Crippen LogP contribution >= 0.6 is 11.8 Å². The summed E-state index contributed by atoms with van der Waals surface area (Å²) in [5, 5.41) is 8.35. The average molecular weight is 306 g/mol. The Hall–Kier alpha value is -1.53. The summed E-state index contributed by atoms with van der Waals surface area (Å²) in [5.41, 5.74) is 1.24. The highest BCUT2D eigenvalue weighted by Crippen LogP contribution is 2.24. The van der Waals surface area contributed by atoms with Crippen LogP contribution in [0.4, 0.5) is 0 Å². The molecule has 6 heteroatoms. The van der Waals surface area contributed by atoms with Gasteiger partial charge in [-0.05, 0) is 38.6 Å². The molecule has 1 N–H and O–H groups in total. The number of aromatic nitrogens is 3. The first kappa shape index (κ1) is 15.9. The number of aryl methyl sites for hydroxylation is 1. The van der Waals surface area contributed by atoms with Crippen LogP contribution in [0.2, 0.25) is 0 Å². The average Bonchev–Trinajstić information content (AvgIpc) is 2.86. The van der Waals surface area contributed by atoms with Gasteiger partial charge < -0.3 is 10.1 Å². The predicted octanol–water partition coefficient (Wildman–Crippen LogP) is 2.66. The van der Waals surface area contributed by atoms with Crippen LogP contribution < -0.4 is 10.1 Å². The number of nitrogens with zero attached hydrogens (tertiary/aromatic N) is 3. The molecular weight excluding hydrogens is 284 g/mol. The molecule has 2 aromatic rings. The van der Waals surface area contributed by atoms with Crippen LogP contribution in [-0.2, 0) is 7.05 Å². The maximum absolute atomic E-state index is 5.67. The van der Waals surface area contributed by atoms with Crippen molar-refractivity contribution < 1.29 is 4.74 Å². The molecular formula is C15H22N4OS. The second-order valence-corrected chi connectivity index (χ2v) is 6.04. The maximum atomic E-state index is 5.67. The lowest BCUT2D eigenvalue weighted by Crippen LogP contribution is -2.19. The first-order valence-corrected chi connectivity index (χ1v) is 7.99. The van der Waals surface area contributed by atoms with Gasteiger partial charge in [-0.25, -0.2) is 9.67 Å². The molecule has 1 aromatic carbocycles. The van der Waals surface area contributed by atoms with E-state index in [-0.39, 0.29) is 12.1 Å². The van der Waals surface area contributed by atoms with E-state index in [0.29, 0.717) is 0 Å². The zero-order valence-corrected chi connectivity index (χ0v) is 13.7. The van der Waals surface area contributed by atoms with Gasteiger partial charge in [0.1, 0.15) is 12.1 Å². The Bertz CT molecular complexity index is 553. The lowest BCUT2D eigenvalue weighted by molar-refractivity contribution is 0.242. The van der Waals surface area contributed by atoms with Gasteiger partial charge in [0.25, 0.3) is 0 Å². The lowest BCUT2D eigenvalue weighted by Gasteiger charge is -2.17. The first-order valence-electron chi connectivity index (χ1n) is 7.01. The van der Waals surface area contributed by atoms with Gasteiger partial charge in [-0.1, -0.05) is 23.9 Å². The van der Waals surface area contributed by atoms with Gasteiger partial charge in [0, 0.05) is 18.8 Å². The molecule has 0 aliphatic carbocycles. The van der Waals surface area contributed by atoms with Crippen molar-refractivity contribution in [2.75, 3.05) is 12.8 Å². The summed E-state index contributed by atoms with van der Waals surface area (Å²) in [5.74, 6) is 1.80. The molecule has 0 saturated carbocycles. The van der Waals surface area contributed by atoms with Crippen LogP contribution in [0.1, 0.15) is 25.5 Å². The van der Waals surface area contributed by atoms with Crippen molar-refractivity contribution in [2.45, 2.75) is 31.1 Å². The Kier molecular flexibility index (Phi) is 5.64. The minimum atomic E-state index is 0.197.